The molecule has 9 N–H and O–H groups in total. The van der Waals surface area contributed by atoms with Crippen LogP contribution in [0.5, 0.6) is 0 Å². The van der Waals surface area contributed by atoms with Gasteiger partial charge in [-0.1, -0.05) is 6.92 Å². The van der Waals surface area contributed by atoms with Gasteiger partial charge in [-0.3, -0.25) is 4.79 Å². The molecule has 4 saturated carbocycles. The molecule has 1 aliphatic heterocycles. The Kier molecular flexibility index (Phi) is 7.00. The quantitative estimate of drug-likeness (QED) is 0.176. The largest absolute Gasteiger partial charge is 0.481 e. The molecule has 1 heterocycles. The first-order valence-electron chi connectivity index (χ1n) is 13.7. The lowest BCUT2D eigenvalue weighted by molar-refractivity contribution is -0.342. The second-order valence-corrected chi connectivity index (χ2v) is 12.8. The van der Waals surface area contributed by atoms with Crippen molar-refractivity contribution in [3.8, 4) is 0 Å². The van der Waals surface area contributed by atoms with Crippen LogP contribution in [0.1, 0.15) is 58.8 Å². The third kappa shape index (κ3) is 3.62. The lowest BCUT2D eigenvalue weighted by Gasteiger charge is -2.68. The monoisotopic (exact) mass is 546 g/mol. The molecule has 0 aromatic carbocycles. The molecular weight excluding hydrogens is 504 g/mol. The molecule has 0 bridgehead atoms. The van der Waals surface area contributed by atoms with Crippen LogP contribution in [0.4, 0.5) is 0 Å². The van der Waals surface area contributed by atoms with Crippen LogP contribution in [0.3, 0.4) is 0 Å². The van der Waals surface area contributed by atoms with E-state index in [4.69, 9.17) is 9.47 Å². The van der Waals surface area contributed by atoms with Crippen molar-refractivity contribution in [3.63, 3.8) is 0 Å². The summed E-state index contributed by atoms with van der Waals surface area (Å²) in [6.07, 6.45) is -9.43. The van der Waals surface area contributed by atoms with Gasteiger partial charge >= 0.3 is 5.97 Å². The van der Waals surface area contributed by atoms with Crippen molar-refractivity contribution >= 4 is 5.97 Å². The molecule has 0 unspecified atom stereocenters. The summed E-state index contributed by atoms with van der Waals surface area (Å²) in [7, 11) is 0. The van der Waals surface area contributed by atoms with Crippen molar-refractivity contribution in [2.45, 2.75) is 119 Å². The zero-order chi connectivity index (χ0) is 28.0. The van der Waals surface area contributed by atoms with E-state index in [1.54, 1.807) is 6.92 Å². The average molecular weight is 547 g/mol. The maximum absolute atomic E-state index is 12.0. The summed E-state index contributed by atoms with van der Waals surface area (Å²) in [5, 5.41) is 98.1. The van der Waals surface area contributed by atoms with Crippen molar-refractivity contribution < 1.29 is 60.2 Å². The Morgan fingerprint density at radius 2 is 1.68 bits per heavy atom. The fourth-order valence-electron chi connectivity index (χ4n) is 9.30. The molecule has 15 atom stereocenters. The third-order valence-electron chi connectivity index (χ3n) is 11.3. The fraction of sp³-hybridized carbons (Fsp3) is 0.962. The normalized spacial score (nSPS) is 58.5. The predicted octanol–water partition coefficient (Wildman–Crippen LogP) is -1.91. The Morgan fingerprint density at radius 3 is 2.32 bits per heavy atom. The van der Waals surface area contributed by atoms with Gasteiger partial charge in [-0.15, -0.1) is 0 Å². The Balaban J connectivity index is 1.44. The van der Waals surface area contributed by atoms with Gasteiger partial charge in [-0.25, -0.2) is 0 Å². The van der Waals surface area contributed by atoms with E-state index in [1.165, 1.54) is 6.92 Å². The molecular formula is C26H42O12. The van der Waals surface area contributed by atoms with E-state index >= 15 is 0 Å². The van der Waals surface area contributed by atoms with E-state index in [0.29, 0.717) is 0 Å². The molecule has 0 aromatic heterocycles. The van der Waals surface area contributed by atoms with Crippen molar-refractivity contribution in [3.05, 3.63) is 0 Å². The minimum absolute atomic E-state index is 0.0493. The first kappa shape index (κ1) is 28.6. The van der Waals surface area contributed by atoms with Crippen LogP contribution in [-0.4, -0.2) is 119 Å². The topological polar surface area (TPSA) is 218 Å². The van der Waals surface area contributed by atoms with E-state index in [2.05, 4.69) is 0 Å². The molecule has 5 aliphatic rings. The van der Waals surface area contributed by atoms with Crippen molar-refractivity contribution in [2.75, 3.05) is 6.61 Å². The number of carboxylic acid groups (broad SMARTS) is 1. The van der Waals surface area contributed by atoms with Crippen molar-refractivity contribution in [1.82, 2.24) is 0 Å². The van der Waals surface area contributed by atoms with Crippen LogP contribution in [0.15, 0.2) is 0 Å². The Hall–Kier alpha value is -0.930. The number of fused-ring (bicyclic) bond motifs is 5. The van der Waals surface area contributed by atoms with Gasteiger partial charge in [0.25, 0.3) is 0 Å². The molecule has 218 valence electrons. The van der Waals surface area contributed by atoms with Gasteiger partial charge in [0.2, 0.25) is 0 Å². The summed E-state index contributed by atoms with van der Waals surface area (Å²) < 4.78 is 11.4. The van der Waals surface area contributed by atoms with E-state index in [0.717, 1.165) is 0 Å². The van der Waals surface area contributed by atoms with E-state index in [1.807, 2.05) is 0 Å². The van der Waals surface area contributed by atoms with Gasteiger partial charge < -0.3 is 55.4 Å². The number of ether oxygens (including phenoxy) is 2. The summed E-state index contributed by atoms with van der Waals surface area (Å²) in [4.78, 5) is 12.0. The summed E-state index contributed by atoms with van der Waals surface area (Å²) in [5.74, 6) is -3.43. The van der Waals surface area contributed by atoms with Crippen LogP contribution in [-0.2, 0) is 14.3 Å². The SMILES string of the molecule is C[C@@H]1O[C@@H](O[C@H]2C[C@@H](O)[C@]3(CO)[C@H]4[C@H](O)C[C@]5(C)[C@@H](C(=O)O)CC[C@]5(O)[C@@H]4CC[C@]3(O)C2)[C@H](O)[C@H](O)[C@H]1O. The van der Waals surface area contributed by atoms with Crippen LogP contribution in [0, 0.1) is 28.6 Å². The summed E-state index contributed by atoms with van der Waals surface area (Å²) in [5.41, 5.74) is -5.88. The summed E-state index contributed by atoms with van der Waals surface area (Å²) >= 11 is 0. The summed E-state index contributed by atoms with van der Waals surface area (Å²) in [6, 6.07) is 0. The number of aliphatic hydroxyl groups is 8. The van der Waals surface area contributed by atoms with Gasteiger partial charge in [0.05, 0.1) is 53.6 Å². The maximum Gasteiger partial charge on any atom is 0.307 e. The highest BCUT2D eigenvalue weighted by Crippen LogP contribution is 2.70. The lowest BCUT2D eigenvalue weighted by Crippen LogP contribution is -2.76. The van der Waals surface area contributed by atoms with Gasteiger partial charge in [-0.05, 0) is 44.9 Å². The van der Waals surface area contributed by atoms with Crippen molar-refractivity contribution in [2.24, 2.45) is 28.6 Å². The molecule has 0 radical (unpaired) electrons. The van der Waals surface area contributed by atoms with E-state index in [9.17, 15) is 50.8 Å². The minimum atomic E-state index is -1.72. The predicted molar refractivity (Wildman–Crippen MR) is 127 cm³/mol. The zero-order valence-corrected chi connectivity index (χ0v) is 21.8. The number of carboxylic acids is 1. The van der Waals surface area contributed by atoms with Crippen LogP contribution in [0.25, 0.3) is 0 Å². The number of aliphatic hydroxyl groups excluding tert-OH is 6. The Bertz CT molecular complexity index is 934. The van der Waals surface area contributed by atoms with E-state index < -0.39 is 101 Å². The molecule has 12 heteroatoms. The molecule has 5 rings (SSSR count). The number of rotatable bonds is 4. The smallest absolute Gasteiger partial charge is 0.307 e. The zero-order valence-electron chi connectivity index (χ0n) is 21.8. The van der Waals surface area contributed by atoms with Crippen molar-refractivity contribution in [1.29, 1.82) is 0 Å². The third-order valence-corrected chi connectivity index (χ3v) is 11.3. The number of aliphatic carboxylic acids is 1. The molecule has 0 aromatic rings. The molecule has 0 amide bonds. The number of hydrogen-bond acceptors (Lipinski definition) is 11. The molecule has 38 heavy (non-hydrogen) atoms. The first-order valence-corrected chi connectivity index (χ1v) is 13.7. The minimum Gasteiger partial charge on any atom is -0.481 e. The van der Waals surface area contributed by atoms with Gasteiger partial charge in [-0.2, -0.15) is 0 Å². The maximum atomic E-state index is 12.0. The number of hydrogen-bond donors (Lipinski definition) is 9. The molecule has 4 aliphatic carbocycles. The van der Waals surface area contributed by atoms with Crippen LogP contribution >= 0.6 is 0 Å². The standard InChI is InChI=1S/C26H42O12/c1-11-18(30)19(31)20(32)22(37-11)38-12-7-16(29)25(10-27)17-13(3-5-24(25,35)8-12)26(36)6-4-14(21(33)34)23(26,2)9-15(17)28/h11-20,22,27-32,35-36H,3-10H2,1-2H3,(H,33,34)/t11-,12-,13+,14+,15+,16+,17+,18-,19+,20+,22-,23+,24-,25+,26-/m0/s1. The summed E-state index contributed by atoms with van der Waals surface area (Å²) in [6.45, 7) is 2.53. The Morgan fingerprint density at radius 1 is 1.00 bits per heavy atom. The van der Waals surface area contributed by atoms with Crippen LogP contribution in [0.2, 0.25) is 0 Å². The van der Waals surface area contributed by atoms with E-state index in [-0.39, 0.29) is 44.9 Å². The molecule has 1 saturated heterocycles. The lowest BCUT2D eigenvalue weighted by atomic mass is 9.40. The highest BCUT2D eigenvalue weighted by Gasteiger charge is 2.75. The highest BCUT2D eigenvalue weighted by molar-refractivity contribution is 5.72. The highest BCUT2D eigenvalue weighted by atomic mass is 16.7. The number of carbonyl (C=O) groups is 1. The van der Waals surface area contributed by atoms with Gasteiger partial charge in [0.1, 0.15) is 18.3 Å². The first-order chi connectivity index (χ1) is 17.7. The van der Waals surface area contributed by atoms with Gasteiger partial charge in [0.15, 0.2) is 6.29 Å². The molecule has 0 spiro atoms. The Labute approximate surface area is 220 Å². The second kappa shape index (κ2) is 9.30. The fourth-order valence-corrected chi connectivity index (χ4v) is 9.30. The molecule has 12 nitrogen and oxygen atoms in total. The average Bonchev–Trinajstić information content (AvgIpc) is 3.11. The van der Waals surface area contributed by atoms with Gasteiger partial charge in [0, 0.05) is 24.2 Å². The van der Waals surface area contributed by atoms with Crippen LogP contribution < -0.4 is 0 Å². The second-order valence-electron chi connectivity index (χ2n) is 12.8. The molecule has 5 fully saturated rings.